The van der Waals surface area contributed by atoms with Crippen LogP contribution in [0, 0.1) is 6.92 Å². The number of benzene rings is 1. The molecule has 0 aliphatic carbocycles. The number of nitrogens with zero attached hydrogens (tertiary/aromatic N) is 2. The maximum absolute atomic E-state index is 12.7. The van der Waals surface area contributed by atoms with E-state index in [1.807, 2.05) is 0 Å². The second-order valence-corrected chi connectivity index (χ2v) is 5.27. The summed E-state index contributed by atoms with van der Waals surface area (Å²) in [7, 11) is 1.70. The van der Waals surface area contributed by atoms with Crippen molar-refractivity contribution in [1.29, 1.82) is 0 Å². The van der Waals surface area contributed by atoms with Crippen LogP contribution >= 0.6 is 11.6 Å². The van der Waals surface area contributed by atoms with Crippen molar-refractivity contribution in [3.05, 3.63) is 51.8 Å². The minimum Gasteiger partial charge on any atom is -0.324 e. The summed E-state index contributed by atoms with van der Waals surface area (Å²) in [5.74, 6) is 0. The molecule has 0 fully saturated rings. The van der Waals surface area contributed by atoms with Crippen molar-refractivity contribution in [3.63, 3.8) is 0 Å². The molecular weight excluding hydrogens is 303 g/mol. The molecule has 0 aliphatic heterocycles. The highest BCUT2D eigenvalue weighted by molar-refractivity contribution is 6.30. The van der Waals surface area contributed by atoms with Crippen LogP contribution in [0.15, 0.2) is 24.3 Å². The van der Waals surface area contributed by atoms with Crippen LogP contribution < -0.4 is 5.73 Å². The predicted molar refractivity (Wildman–Crippen MR) is 75.0 cm³/mol. The van der Waals surface area contributed by atoms with Gasteiger partial charge < -0.3 is 5.73 Å². The minimum atomic E-state index is -4.38. The lowest BCUT2D eigenvalue weighted by Crippen LogP contribution is -2.15. The van der Waals surface area contributed by atoms with Crippen LogP contribution in [-0.4, -0.2) is 9.78 Å². The number of nitrogens with two attached hydrogens (primary N) is 1. The lowest BCUT2D eigenvalue weighted by Gasteiger charge is -2.14. The Hall–Kier alpha value is -1.53. The summed E-state index contributed by atoms with van der Waals surface area (Å²) in [6.07, 6.45) is -4.04. The van der Waals surface area contributed by atoms with Gasteiger partial charge in [0.25, 0.3) is 0 Å². The summed E-state index contributed by atoms with van der Waals surface area (Å²) in [5, 5.41) is 4.62. The highest BCUT2D eigenvalue weighted by Crippen LogP contribution is 2.31. The quantitative estimate of drug-likeness (QED) is 0.939. The van der Waals surface area contributed by atoms with Crippen LogP contribution in [0.1, 0.15) is 28.4 Å². The standard InChI is InChI=1S/C14H15ClF3N3/c1-8-11(13(15)21(2)20-8)7-12(19)9-4-3-5-10(6-9)14(16,17)18/h3-6,12H,7,19H2,1-2H3. The highest BCUT2D eigenvalue weighted by Gasteiger charge is 2.30. The number of aryl methyl sites for hydroxylation is 2. The normalized spacial score (nSPS) is 13.5. The first-order chi connectivity index (χ1) is 9.70. The van der Waals surface area contributed by atoms with Crippen LogP contribution in [0.4, 0.5) is 13.2 Å². The Morgan fingerprint density at radius 3 is 2.57 bits per heavy atom. The fourth-order valence-electron chi connectivity index (χ4n) is 2.19. The second-order valence-electron chi connectivity index (χ2n) is 4.91. The van der Waals surface area contributed by atoms with Crippen molar-refractivity contribution in [2.75, 3.05) is 0 Å². The van der Waals surface area contributed by atoms with E-state index in [0.29, 0.717) is 17.1 Å². The van der Waals surface area contributed by atoms with Crippen molar-refractivity contribution >= 4 is 11.6 Å². The van der Waals surface area contributed by atoms with E-state index in [0.717, 1.165) is 23.4 Å². The van der Waals surface area contributed by atoms with Crippen molar-refractivity contribution in [2.45, 2.75) is 25.6 Å². The lowest BCUT2D eigenvalue weighted by atomic mass is 9.98. The Morgan fingerprint density at radius 1 is 1.38 bits per heavy atom. The highest BCUT2D eigenvalue weighted by atomic mass is 35.5. The molecular formula is C14H15ClF3N3. The Balaban J connectivity index is 2.27. The fourth-order valence-corrected chi connectivity index (χ4v) is 2.44. The zero-order chi connectivity index (χ0) is 15.8. The van der Waals surface area contributed by atoms with Crippen molar-refractivity contribution in [2.24, 2.45) is 12.8 Å². The van der Waals surface area contributed by atoms with Gasteiger partial charge in [-0.1, -0.05) is 23.7 Å². The maximum Gasteiger partial charge on any atom is 0.416 e. The van der Waals surface area contributed by atoms with Gasteiger partial charge in [0.15, 0.2) is 0 Å². The van der Waals surface area contributed by atoms with Gasteiger partial charge in [-0.05, 0) is 31.0 Å². The molecule has 2 rings (SSSR count). The van der Waals surface area contributed by atoms with E-state index in [1.54, 1.807) is 20.0 Å². The van der Waals surface area contributed by atoms with Crippen LogP contribution in [0.2, 0.25) is 5.15 Å². The number of rotatable bonds is 3. The third kappa shape index (κ3) is 3.39. The Labute approximate surface area is 125 Å². The molecule has 0 aliphatic rings. The van der Waals surface area contributed by atoms with Gasteiger partial charge in [-0.15, -0.1) is 0 Å². The van der Waals surface area contributed by atoms with Gasteiger partial charge in [0.05, 0.1) is 11.3 Å². The van der Waals surface area contributed by atoms with E-state index in [2.05, 4.69) is 5.10 Å². The molecule has 1 aromatic carbocycles. The summed E-state index contributed by atoms with van der Waals surface area (Å²) in [6, 6.07) is 4.46. The molecule has 21 heavy (non-hydrogen) atoms. The second kappa shape index (κ2) is 5.69. The van der Waals surface area contributed by atoms with E-state index in [9.17, 15) is 13.2 Å². The summed E-state index contributed by atoms with van der Waals surface area (Å²) in [6.45, 7) is 1.79. The molecule has 0 bridgehead atoms. The van der Waals surface area contributed by atoms with Crippen LogP contribution in [-0.2, 0) is 19.6 Å². The molecule has 0 saturated carbocycles. The fraction of sp³-hybridized carbons (Fsp3) is 0.357. The van der Waals surface area contributed by atoms with E-state index >= 15 is 0 Å². The minimum absolute atomic E-state index is 0.333. The molecule has 3 nitrogen and oxygen atoms in total. The number of halogens is 4. The Kier molecular flexibility index (Phi) is 4.30. The topological polar surface area (TPSA) is 43.8 Å². The van der Waals surface area contributed by atoms with Gasteiger partial charge in [0.2, 0.25) is 0 Å². The van der Waals surface area contributed by atoms with E-state index in [-0.39, 0.29) is 0 Å². The van der Waals surface area contributed by atoms with Gasteiger partial charge >= 0.3 is 6.18 Å². The SMILES string of the molecule is Cc1nn(C)c(Cl)c1CC(N)c1cccc(C(F)(F)F)c1. The molecule has 0 spiro atoms. The van der Waals surface area contributed by atoms with Gasteiger partial charge in [0.1, 0.15) is 5.15 Å². The van der Waals surface area contributed by atoms with Crippen LogP contribution in [0.3, 0.4) is 0 Å². The summed E-state index contributed by atoms with van der Waals surface area (Å²) in [5.41, 5.74) is 7.22. The monoisotopic (exact) mass is 317 g/mol. The molecule has 1 aromatic heterocycles. The first-order valence-corrected chi connectivity index (χ1v) is 6.68. The Morgan fingerprint density at radius 2 is 2.05 bits per heavy atom. The summed E-state index contributed by atoms with van der Waals surface area (Å²) >= 11 is 6.11. The predicted octanol–water partition coefficient (Wildman–Crippen LogP) is 3.64. The summed E-state index contributed by atoms with van der Waals surface area (Å²) < 4.78 is 39.7. The number of hydrogen-bond donors (Lipinski definition) is 1. The molecule has 114 valence electrons. The molecule has 1 unspecified atom stereocenters. The smallest absolute Gasteiger partial charge is 0.324 e. The van der Waals surface area contributed by atoms with Crippen molar-refractivity contribution < 1.29 is 13.2 Å². The van der Waals surface area contributed by atoms with Gasteiger partial charge in [-0.3, -0.25) is 4.68 Å². The molecule has 0 amide bonds. The van der Waals surface area contributed by atoms with E-state index in [1.165, 1.54) is 10.7 Å². The largest absolute Gasteiger partial charge is 0.416 e. The first-order valence-electron chi connectivity index (χ1n) is 6.31. The molecule has 1 heterocycles. The van der Waals surface area contributed by atoms with Gasteiger partial charge in [0, 0.05) is 18.7 Å². The van der Waals surface area contributed by atoms with Crippen LogP contribution in [0.5, 0.6) is 0 Å². The average molecular weight is 318 g/mol. The third-order valence-corrected chi connectivity index (χ3v) is 3.81. The van der Waals surface area contributed by atoms with Crippen LogP contribution in [0.25, 0.3) is 0 Å². The number of hydrogen-bond acceptors (Lipinski definition) is 2. The molecule has 7 heteroatoms. The molecule has 0 saturated heterocycles. The third-order valence-electron chi connectivity index (χ3n) is 3.34. The van der Waals surface area contributed by atoms with Gasteiger partial charge in [-0.2, -0.15) is 18.3 Å². The zero-order valence-corrected chi connectivity index (χ0v) is 12.3. The summed E-state index contributed by atoms with van der Waals surface area (Å²) in [4.78, 5) is 0. The number of aromatic nitrogens is 2. The van der Waals surface area contributed by atoms with E-state index < -0.39 is 17.8 Å². The van der Waals surface area contributed by atoms with E-state index in [4.69, 9.17) is 17.3 Å². The molecule has 2 N–H and O–H groups in total. The van der Waals surface area contributed by atoms with Crippen molar-refractivity contribution in [1.82, 2.24) is 9.78 Å². The average Bonchev–Trinajstić information content (AvgIpc) is 2.64. The first kappa shape index (κ1) is 15.9. The molecule has 2 aromatic rings. The van der Waals surface area contributed by atoms with Crippen molar-refractivity contribution in [3.8, 4) is 0 Å². The Bertz CT molecular complexity index is 649. The molecule has 1 atom stereocenters. The zero-order valence-electron chi connectivity index (χ0n) is 11.6. The maximum atomic E-state index is 12.7. The lowest BCUT2D eigenvalue weighted by molar-refractivity contribution is -0.137. The number of alkyl halides is 3. The molecule has 0 radical (unpaired) electrons. The van der Waals surface area contributed by atoms with Gasteiger partial charge in [-0.25, -0.2) is 0 Å².